The van der Waals surface area contributed by atoms with Crippen molar-refractivity contribution in [2.75, 3.05) is 4.72 Å². The highest BCUT2D eigenvalue weighted by molar-refractivity contribution is 7.90. The maximum Gasteiger partial charge on any atom is 0.201 e. The zero-order chi connectivity index (χ0) is 27.1. The van der Waals surface area contributed by atoms with Gasteiger partial charge in [-0.3, -0.25) is 14.1 Å². The summed E-state index contributed by atoms with van der Waals surface area (Å²) < 4.78 is 60.7. The number of benzene rings is 1. The number of fused-ring (bicyclic) bond motifs is 1. The molecule has 1 aromatic carbocycles. The maximum absolute atomic E-state index is 15.5. The molecule has 1 unspecified atom stereocenters. The van der Waals surface area contributed by atoms with Gasteiger partial charge in [-0.05, 0) is 43.2 Å². The van der Waals surface area contributed by atoms with Crippen molar-refractivity contribution in [1.82, 2.24) is 24.5 Å². The standard InChI is InChI=1S/C26H17F3N6O2S2/c27-15-2-1-3-16(9-15)39(37)34-20-5-4-19(28)22(23(20)29)24(36)18-11-32-25-17(18)8-14(10-31-25)21-12-33-26(38-21)35-7-6-30-13-35/h2,4-13,34H,1,3H2,(H,31,32). The van der Waals surface area contributed by atoms with Crippen LogP contribution in [0.5, 0.6) is 0 Å². The first-order valence-electron chi connectivity index (χ1n) is 11.6. The van der Waals surface area contributed by atoms with E-state index >= 15 is 4.39 Å². The van der Waals surface area contributed by atoms with E-state index in [0.717, 1.165) is 23.1 Å². The van der Waals surface area contributed by atoms with Crippen molar-refractivity contribution in [3.8, 4) is 15.6 Å². The average molecular weight is 567 g/mol. The summed E-state index contributed by atoms with van der Waals surface area (Å²) in [6.07, 6.45) is 12.8. The number of nitrogens with one attached hydrogen (secondary N) is 2. The summed E-state index contributed by atoms with van der Waals surface area (Å²) in [5.74, 6) is -3.73. The molecule has 0 amide bonds. The zero-order valence-corrected chi connectivity index (χ0v) is 21.5. The topological polar surface area (TPSA) is 106 Å². The number of H-pyrrole nitrogens is 1. The first-order chi connectivity index (χ1) is 18.9. The number of hydrogen-bond donors (Lipinski definition) is 2. The summed E-state index contributed by atoms with van der Waals surface area (Å²) >= 11 is 1.38. The lowest BCUT2D eigenvalue weighted by atomic mass is 10.0. The van der Waals surface area contributed by atoms with Gasteiger partial charge < -0.3 is 4.98 Å². The third kappa shape index (κ3) is 4.70. The van der Waals surface area contributed by atoms with Crippen molar-refractivity contribution in [3.63, 3.8) is 0 Å². The van der Waals surface area contributed by atoms with Gasteiger partial charge in [0.2, 0.25) is 5.78 Å². The quantitative estimate of drug-likeness (QED) is 0.236. The molecule has 0 fully saturated rings. The van der Waals surface area contributed by atoms with E-state index in [1.165, 1.54) is 23.6 Å². The highest BCUT2D eigenvalue weighted by Gasteiger charge is 2.26. The Morgan fingerprint density at radius 2 is 2.05 bits per heavy atom. The summed E-state index contributed by atoms with van der Waals surface area (Å²) in [5, 5.41) is 1.05. The number of hydrogen-bond acceptors (Lipinski definition) is 6. The van der Waals surface area contributed by atoms with Gasteiger partial charge in [0.05, 0.1) is 16.1 Å². The fraction of sp³-hybridized carbons (Fsp3) is 0.0769. The molecule has 0 bridgehead atoms. The minimum Gasteiger partial charge on any atom is -0.345 e. The van der Waals surface area contributed by atoms with Crippen LogP contribution in [0.4, 0.5) is 18.9 Å². The van der Waals surface area contributed by atoms with Gasteiger partial charge in [0, 0.05) is 52.4 Å². The summed E-state index contributed by atoms with van der Waals surface area (Å²) in [7, 11) is -1.98. The van der Waals surface area contributed by atoms with Crippen molar-refractivity contribution >= 4 is 44.8 Å². The maximum atomic E-state index is 15.5. The van der Waals surface area contributed by atoms with Gasteiger partial charge in [-0.1, -0.05) is 11.3 Å². The van der Waals surface area contributed by atoms with Crippen molar-refractivity contribution < 1.29 is 22.2 Å². The number of aromatic amines is 1. The van der Waals surface area contributed by atoms with Crippen LogP contribution < -0.4 is 4.72 Å². The molecule has 5 aromatic rings. The summed E-state index contributed by atoms with van der Waals surface area (Å²) in [5.41, 5.74) is -0.126. The van der Waals surface area contributed by atoms with Crippen LogP contribution in [-0.4, -0.2) is 34.5 Å². The number of imidazole rings is 1. The van der Waals surface area contributed by atoms with Crippen molar-refractivity contribution in [1.29, 1.82) is 0 Å². The smallest absolute Gasteiger partial charge is 0.201 e. The number of ketones is 1. The molecule has 39 heavy (non-hydrogen) atoms. The Kier molecular flexibility index (Phi) is 6.45. The molecular formula is C26H17F3N6O2S2. The van der Waals surface area contributed by atoms with Gasteiger partial charge in [-0.2, -0.15) is 0 Å². The molecule has 4 aromatic heterocycles. The lowest BCUT2D eigenvalue weighted by Crippen LogP contribution is -2.13. The number of carbonyl (C=O) groups is 1. The fourth-order valence-corrected chi connectivity index (χ4v) is 6.00. The fourth-order valence-electron chi connectivity index (χ4n) is 4.14. The molecule has 4 heterocycles. The van der Waals surface area contributed by atoms with Crippen molar-refractivity contribution in [2.45, 2.75) is 12.8 Å². The first-order valence-corrected chi connectivity index (χ1v) is 13.5. The van der Waals surface area contributed by atoms with Crippen LogP contribution in [0.25, 0.3) is 26.6 Å². The zero-order valence-electron chi connectivity index (χ0n) is 19.8. The Balaban J connectivity index is 1.33. The van der Waals surface area contributed by atoms with E-state index in [9.17, 15) is 17.8 Å². The molecule has 196 valence electrons. The minimum atomic E-state index is -1.98. The third-order valence-corrected chi connectivity index (χ3v) is 8.33. The second-order valence-electron chi connectivity index (χ2n) is 8.52. The van der Waals surface area contributed by atoms with Crippen molar-refractivity contribution in [2.24, 2.45) is 0 Å². The Morgan fingerprint density at radius 1 is 1.18 bits per heavy atom. The molecule has 6 rings (SSSR count). The lowest BCUT2D eigenvalue weighted by molar-refractivity contribution is 0.103. The molecule has 1 aliphatic carbocycles. The number of halogens is 3. The largest absolute Gasteiger partial charge is 0.345 e. The number of carbonyl (C=O) groups excluding carboxylic acids is 1. The molecule has 0 aliphatic heterocycles. The number of rotatable bonds is 7. The molecule has 8 nitrogen and oxygen atoms in total. The number of nitrogens with zero attached hydrogens (tertiary/aromatic N) is 4. The van der Waals surface area contributed by atoms with E-state index < -0.39 is 39.8 Å². The number of allylic oxidation sites excluding steroid dienone is 4. The van der Waals surface area contributed by atoms with Crippen LogP contribution in [0.15, 0.2) is 78.4 Å². The second-order valence-corrected chi connectivity index (χ2v) is 10.8. The molecule has 0 spiro atoms. The monoisotopic (exact) mass is 566 g/mol. The van der Waals surface area contributed by atoms with Crippen molar-refractivity contribution in [3.05, 3.63) is 101 Å². The molecule has 1 atom stereocenters. The van der Waals surface area contributed by atoms with E-state index in [1.54, 1.807) is 41.7 Å². The van der Waals surface area contributed by atoms with Crippen LogP contribution in [0, 0.1) is 11.6 Å². The number of aromatic nitrogens is 5. The number of pyridine rings is 1. The van der Waals surface area contributed by atoms with E-state index in [0.29, 0.717) is 34.6 Å². The molecule has 2 N–H and O–H groups in total. The van der Waals surface area contributed by atoms with Gasteiger partial charge in [-0.25, -0.2) is 32.3 Å². The summed E-state index contributed by atoms with van der Waals surface area (Å²) in [6, 6.07) is 3.66. The highest BCUT2D eigenvalue weighted by atomic mass is 32.2. The van der Waals surface area contributed by atoms with E-state index in [-0.39, 0.29) is 16.2 Å². The average Bonchev–Trinajstić information content (AvgIpc) is 3.70. The summed E-state index contributed by atoms with van der Waals surface area (Å²) in [6.45, 7) is 0. The van der Waals surface area contributed by atoms with E-state index in [4.69, 9.17) is 0 Å². The van der Waals surface area contributed by atoms with Gasteiger partial charge in [0.25, 0.3) is 0 Å². The second kappa shape index (κ2) is 10.1. The lowest BCUT2D eigenvalue weighted by Gasteiger charge is -2.14. The number of thiazole rings is 1. The highest BCUT2D eigenvalue weighted by Crippen LogP contribution is 2.32. The minimum absolute atomic E-state index is 0.0111. The molecule has 0 radical (unpaired) electrons. The van der Waals surface area contributed by atoms with Crippen LogP contribution in [0.2, 0.25) is 0 Å². The normalized spacial score (nSPS) is 14.2. The van der Waals surface area contributed by atoms with Crippen LogP contribution in [0.3, 0.4) is 0 Å². The molecule has 0 saturated carbocycles. The predicted molar refractivity (Wildman–Crippen MR) is 142 cm³/mol. The predicted octanol–water partition coefficient (Wildman–Crippen LogP) is 5.99. The van der Waals surface area contributed by atoms with Gasteiger partial charge in [0.15, 0.2) is 10.9 Å². The molecule has 1 aliphatic rings. The SMILES string of the molecule is O=C(c1c(F)ccc(NS(=O)C2=CC(F)=CCC2)c1F)c1c[nH]c2ncc(-c3cnc(-n4ccnc4)s3)cc12. The van der Waals surface area contributed by atoms with Crippen LogP contribution in [-0.2, 0) is 11.0 Å². The summed E-state index contributed by atoms with van der Waals surface area (Å²) in [4.78, 5) is 30.0. The molecule has 0 saturated heterocycles. The van der Waals surface area contributed by atoms with E-state index in [2.05, 4.69) is 24.7 Å². The third-order valence-electron chi connectivity index (χ3n) is 6.07. The molecular weight excluding hydrogens is 549 g/mol. The first kappa shape index (κ1) is 24.9. The van der Waals surface area contributed by atoms with Crippen LogP contribution in [0.1, 0.15) is 28.8 Å². The Bertz CT molecular complexity index is 1820. The van der Waals surface area contributed by atoms with Gasteiger partial charge in [0.1, 0.15) is 34.6 Å². The Morgan fingerprint density at radius 3 is 2.85 bits per heavy atom. The van der Waals surface area contributed by atoms with Crippen LogP contribution >= 0.6 is 11.3 Å². The van der Waals surface area contributed by atoms with E-state index in [1.807, 2.05) is 0 Å². The van der Waals surface area contributed by atoms with Gasteiger partial charge >= 0.3 is 0 Å². The molecule has 13 heteroatoms. The number of anilines is 1. The van der Waals surface area contributed by atoms with Gasteiger partial charge in [-0.15, -0.1) is 0 Å². The Labute approximate surface area is 225 Å². The Hall–Kier alpha value is -4.36.